The summed E-state index contributed by atoms with van der Waals surface area (Å²) in [5.41, 5.74) is 6.92. The fraction of sp³-hybridized carbons (Fsp3) is 0.571. The maximum atomic E-state index is 13.2. The van der Waals surface area contributed by atoms with Crippen molar-refractivity contribution in [1.82, 2.24) is 0 Å². The second-order valence-corrected chi connectivity index (χ2v) is 5.53. The van der Waals surface area contributed by atoms with Gasteiger partial charge in [-0.15, -0.1) is 0 Å². The maximum absolute atomic E-state index is 13.2. The largest absolute Gasteiger partial charge is 0.399 e. The molecule has 1 aromatic rings. The van der Waals surface area contributed by atoms with Crippen molar-refractivity contribution in [2.75, 3.05) is 11.1 Å². The van der Waals surface area contributed by atoms with Gasteiger partial charge in [0.1, 0.15) is 5.82 Å². The van der Waals surface area contributed by atoms with Crippen LogP contribution in [0.25, 0.3) is 0 Å². The quantitative estimate of drug-likeness (QED) is 0.769. The van der Waals surface area contributed by atoms with Gasteiger partial charge in [0.25, 0.3) is 0 Å². The van der Waals surface area contributed by atoms with E-state index in [4.69, 9.17) is 5.73 Å². The van der Waals surface area contributed by atoms with Crippen LogP contribution in [0.5, 0.6) is 0 Å². The molecule has 17 heavy (non-hydrogen) atoms. The van der Waals surface area contributed by atoms with Gasteiger partial charge < -0.3 is 11.1 Å². The zero-order valence-electron chi connectivity index (χ0n) is 10.5. The van der Waals surface area contributed by atoms with Gasteiger partial charge in [0.2, 0.25) is 0 Å². The van der Waals surface area contributed by atoms with Crippen molar-refractivity contribution in [3.63, 3.8) is 0 Å². The highest BCUT2D eigenvalue weighted by Crippen LogP contribution is 2.30. The van der Waals surface area contributed by atoms with E-state index in [1.807, 2.05) is 0 Å². The molecule has 0 aromatic heterocycles. The highest BCUT2D eigenvalue weighted by atomic mass is 19.1. The maximum Gasteiger partial charge on any atom is 0.127 e. The van der Waals surface area contributed by atoms with Gasteiger partial charge >= 0.3 is 0 Å². The number of nitrogen functional groups attached to an aromatic ring is 1. The zero-order valence-corrected chi connectivity index (χ0v) is 10.5. The number of nitrogens with two attached hydrogens (primary N) is 1. The van der Waals surface area contributed by atoms with Crippen LogP contribution in [0, 0.1) is 17.7 Å². The van der Waals surface area contributed by atoms with Crippen LogP contribution in [0.3, 0.4) is 0 Å². The van der Waals surface area contributed by atoms with Crippen molar-refractivity contribution in [3.8, 4) is 0 Å². The van der Waals surface area contributed by atoms with E-state index in [2.05, 4.69) is 19.2 Å². The molecular formula is C14H21FN2. The van der Waals surface area contributed by atoms with Gasteiger partial charge in [0, 0.05) is 17.4 Å². The Bertz CT molecular complexity index is 362. The normalized spacial score (nSPS) is 29.0. The molecule has 2 rings (SSSR count). The molecule has 1 aromatic carbocycles. The van der Waals surface area contributed by atoms with Gasteiger partial charge in [0.05, 0.1) is 0 Å². The van der Waals surface area contributed by atoms with Crippen LogP contribution >= 0.6 is 0 Å². The summed E-state index contributed by atoms with van der Waals surface area (Å²) in [4.78, 5) is 0. The molecular weight excluding hydrogens is 215 g/mol. The predicted octanol–water partition coefficient (Wildman–Crippen LogP) is 3.64. The highest BCUT2D eigenvalue weighted by molar-refractivity contribution is 5.55. The molecule has 0 bridgehead atoms. The van der Waals surface area contributed by atoms with E-state index in [0.717, 1.165) is 30.4 Å². The Morgan fingerprint density at radius 3 is 2.35 bits per heavy atom. The van der Waals surface area contributed by atoms with Gasteiger partial charge in [-0.25, -0.2) is 4.39 Å². The Labute approximate surface area is 102 Å². The summed E-state index contributed by atoms with van der Waals surface area (Å²) in [6, 6.07) is 5.10. The molecule has 2 atom stereocenters. The summed E-state index contributed by atoms with van der Waals surface area (Å²) in [5.74, 6) is 1.20. The van der Waals surface area contributed by atoms with Crippen LogP contribution in [0.1, 0.15) is 33.1 Å². The van der Waals surface area contributed by atoms with Crippen molar-refractivity contribution in [2.24, 2.45) is 11.8 Å². The number of rotatable bonds is 2. The van der Waals surface area contributed by atoms with Gasteiger partial charge in [-0.05, 0) is 49.3 Å². The molecule has 1 saturated carbocycles. The van der Waals surface area contributed by atoms with E-state index in [1.54, 1.807) is 6.07 Å². The van der Waals surface area contributed by atoms with E-state index < -0.39 is 0 Å². The summed E-state index contributed by atoms with van der Waals surface area (Å²) in [7, 11) is 0. The second kappa shape index (κ2) is 4.94. The molecule has 0 radical (unpaired) electrons. The van der Waals surface area contributed by atoms with Crippen molar-refractivity contribution < 1.29 is 4.39 Å². The summed E-state index contributed by atoms with van der Waals surface area (Å²) in [5, 5.41) is 3.40. The Morgan fingerprint density at radius 2 is 1.76 bits per heavy atom. The van der Waals surface area contributed by atoms with E-state index in [1.165, 1.54) is 18.6 Å². The van der Waals surface area contributed by atoms with Crippen molar-refractivity contribution in [3.05, 3.63) is 24.0 Å². The molecule has 0 saturated heterocycles. The highest BCUT2D eigenvalue weighted by Gasteiger charge is 2.23. The molecule has 0 aliphatic heterocycles. The van der Waals surface area contributed by atoms with Crippen LogP contribution in [0.15, 0.2) is 18.2 Å². The molecule has 0 heterocycles. The first-order chi connectivity index (χ1) is 8.02. The molecule has 2 unspecified atom stereocenters. The third-order valence-electron chi connectivity index (χ3n) is 3.47. The van der Waals surface area contributed by atoms with Gasteiger partial charge in [-0.2, -0.15) is 0 Å². The van der Waals surface area contributed by atoms with Gasteiger partial charge in [-0.1, -0.05) is 13.8 Å². The van der Waals surface area contributed by atoms with Crippen molar-refractivity contribution in [2.45, 2.75) is 39.2 Å². The first kappa shape index (κ1) is 12.2. The third-order valence-corrected chi connectivity index (χ3v) is 3.47. The van der Waals surface area contributed by atoms with Crippen molar-refractivity contribution >= 4 is 11.4 Å². The number of hydrogen-bond donors (Lipinski definition) is 2. The van der Waals surface area contributed by atoms with Crippen LogP contribution in [-0.4, -0.2) is 6.04 Å². The minimum absolute atomic E-state index is 0.274. The average Bonchev–Trinajstić information content (AvgIpc) is 2.13. The summed E-state index contributed by atoms with van der Waals surface area (Å²) < 4.78 is 13.2. The van der Waals surface area contributed by atoms with E-state index in [-0.39, 0.29) is 5.82 Å². The molecule has 3 N–H and O–H groups in total. The molecule has 94 valence electrons. The topological polar surface area (TPSA) is 38.0 Å². The lowest BCUT2D eigenvalue weighted by atomic mass is 9.80. The average molecular weight is 236 g/mol. The lowest BCUT2D eigenvalue weighted by Crippen LogP contribution is -2.30. The number of benzene rings is 1. The van der Waals surface area contributed by atoms with Crippen LogP contribution in [-0.2, 0) is 0 Å². The standard InChI is InChI=1S/C14H21FN2/c1-9-3-10(2)5-13(4-9)17-14-7-11(15)6-12(16)8-14/h6-10,13,17H,3-5,16H2,1-2H3. The summed E-state index contributed by atoms with van der Waals surface area (Å²) >= 11 is 0. The SMILES string of the molecule is CC1CC(C)CC(Nc2cc(N)cc(F)c2)C1. The lowest BCUT2D eigenvalue weighted by molar-refractivity contribution is 0.281. The number of anilines is 2. The molecule has 1 aliphatic carbocycles. The Kier molecular flexibility index (Phi) is 3.55. The number of nitrogens with one attached hydrogen (secondary N) is 1. The minimum Gasteiger partial charge on any atom is -0.399 e. The fourth-order valence-electron chi connectivity index (χ4n) is 3.00. The first-order valence-electron chi connectivity index (χ1n) is 6.35. The lowest BCUT2D eigenvalue weighted by Gasteiger charge is -2.32. The zero-order chi connectivity index (χ0) is 12.4. The van der Waals surface area contributed by atoms with Crippen LogP contribution in [0.4, 0.5) is 15.8 Å². The minimum atomic E-state index is -0.274. The monoisotopic (exact) mass is 236 g/mol. The number of hydrogen-bond acceptors (Lipinski definition) is 2. The Hall–Kier alpha value is -1.25. The summed E-state index contributed by atoms with van der Waals surface area (Å²) in [6.07, 6.45) is 3.60. The van der Waals surface area contributed by atoms with Crippen LogP contribution in [0.2, 0.25) is 0 Å². The second-order valence-electron chi connectivity index (χ2n) is 5.53. The molecule has 2 nitrogen and oxygen atoms in total. The Balaban J connectivity index is 2.04. The molecule has 0 amide bonds. The van der Waals surface area contributed by atoms with E-state index in [9.17, 15) is 4.39 Å². The molecule has 1 aliphatic rings. The smallest absolute Gasteiger partial charge is 0.127 e. The predicted molar refractivity (Wildman–Crippen MR) is 70.4 cm³/mol. The first-order valence-corrected chi connectivity index (χ1v) is 6.35. The van der Waals surface area contributed by atoms with E-state index >= 15 is 0 Å². The summed E-state index contributed by atoms with van der Waals surface area (Å²) in [6.45, 7) is 4.56. The molecule has 3 heteroatoms. The molecule has 0 spiro atoms. The van der Waals surface area contributed by atoms with Gasteiger partial charge in [-0.3, -0.25) is 0 Å². The fourth-order valence-corrected chi connectivity index (χ4v) is 3.00. The Morgan fingerprint density at radius 1 is 1.12 bits per heavy atom. The van der Waals surface area contributed by atoms with Crippen molar-refractivity contribution in [1.29, 1.82) is 0 Å². The molecule has 1 fully saturated rings. The number of halogens is 1. The van der Waals surface area contributed by atoms with E-state index in [0.29, 0.717) is 11.7 Å². The van der Waals surface area contributed by atoms with Crippen LogP contribution < -0.4 is 11.1 Å². The van der Waals surface area contributed by atoms with Gasteiger partial charge in [0.15, 0.2) is 0 Å². The third kappa shape index (κ3) is 3.35.